The molecule has 0 radical (unpaired) electrons. The number of halogens is 3. The number of nitrogens with zero attached hydrogens (tertiary/aromatic N) is 2. The Hall–Kier alpha value is -2.02. The van der Waals surface area contributed by atoms with Crippen LogP contribution in [0.15, 0.2) is 42.5 Å². The lowest BCUT2D eigenvalue weighted by molar-refractivity contribution is 0.0933. The molecule has 2 aromatic carbocycles. The first-order valence-electron chi connectivity index (χ1n) is 8.94. The van der Waals surface area contributed by atoms with Crippen molar-refractivity contribution in [3.05, 3.63) is 70.2 Å². The molecule has 1 N–H and O–H groups in total. The molecular formula is C20H22ClF2N3O. The van der Waals surface area contributed by atoms with Gasteiger partial charge >= 0.3 is 0 Å². The van der Waals surface area contributed by atoms with Gasteiger partial charge in [-0.2, -0.15) is 0 Å². The monoisotopic (exact) mass is 393 g/mol. The van der Waals surface area contributed by atoms with Gasteiger partial charge in [-0.25, -0.2) is 8.78 Å². The molecule has 0 atom stereocenters. The third-order valence-corrected chi connectivity index (χ3v) is 5.08. The molecule has 1 fully saturated rings. The zero-order valence-electron chi connectivity index (χ0n) is 14.9. The molecule has 3 rings (SSSR count). The summed E-state index contributed by atoms with van der Waals surface area (Å²) in [6.07, 6.45) is 0. The Kier molecular flexibility index (Phi) is 6.77. The van der Waals surface area contributed by atoms with Crippen LogP contribution >= 0.6 is 11.6 Å². The molecule has 1 aliphatic heterocycles. The second-order valence-corrected chi connectivity index (χ2v) is 7.00. The second kappa shape index (κ2) is 9.26. The van der Waals surface area contributed by atoms with E-state index in [0.717, 1.165) is 62.0 Å². The Morgan fingerprint density at radius 1 is 1.00 bits per heavy atom. The highest BCUT2D eigenvalue weighted by Crippen LogP contribution is 2.17. The lowest BCUT2D eigenvalue weighted by Gasteiger charge is -2.34. The zero-order chi connectivity index (χ0) is 19.2. The number of nitrogens with one attached hydrogen (secondary N) is 1. The molecule has 0 unspecified atom stereocenters. The minimum Gasteiger partial charge on any atom is -0.351 e. The van der Waals surface area contributed by atoms with E-state index in [2.05, 4.69) is 15.1 Å². The van der Waals surface area contributed by atoms with Crippen LogP contribution in [0.4, 0.5) is 8.78 Å². The van der Waals surface area contributed by atoms with Crippen LogP contribution in [0.3, 0.4) is 0 Å². The van der Waals surface area contributed by atoms with E-state index in [0.29, 0.717) is 6.54 Å². The minimum absolute atomic E-state index is 0.124. The van der Waals surface area contributed by atoms with E-state index in [4.69, 9.17) is 11.6 Å². The molecule has 1 amide bonds. The fourth-order valence-corrected chi connectivity index (χ4v) is 3.30. The summed E-state index contributed by atoms with van der Waals surface area (Å²) in [5, 5.41) is 3.54. The van der Waals surface area contributed by atoms with Crippen molar-refractivity contribution < 1.29 is 13.6 Å². The molecule has 1 saturated heterocycles. The van der Waals surface area contributed by atoms with Crippen LogP contribution in [0.2, 0.25) is 5.02 Å². The Morgan fingerprint density at radius 2 is 1.70 bits per heavy atom. The van der Waals surface area contributed by atoms with Gasteiger partial charge in [-0.05, 0) is 29.8 Å². The maximum Gasteiger partial charge on any atom is 0.251 e. The van der Waals surface area contributed by atoms with Gasteiger partial charge in [0.15, 0.2) is 11.6 Å². The van der Waals surface area contributed by atoms with Gasteiger partial charge in [0, 0.05) is 56.4 Å². The largest absolute Gasteiger partial charge is 0.351 e. The van der Waals surface area contributed by atoms with E-state index >= 15 is 0 Å². The molecule has 4 nitrogen and oxygen atoms in total. The van der Waals surface area contributed by atoms with Gasteiger partial charge in [0.1, 0.15) is 0 Å². The molecule has 27 heavy (non-hydrogen) atoms. The Balaban J connectivity index is 1.39. The summed E-state index contributed by atoms with van der Waals surface area (Å²) in [7, 11) is 0. The van der Waals surface area contributed by atoms with Crippen LogP contribution in [0.25, 0.3) is 0 Å². The van der Waals surface area contributed by atoms with Gasteiger partial charge in [0.05, 0.1) is 0 Å². The average Bonchev–Trinajstić information content (AvgIpc) is 2.67. The fourth-order valence-electron chi connectivity index (χ4n) is 3.11. The van der Waals surface area contributed by atoms with E-state index < -0.39 is 17.5 Å². The number of hydrogen-bond donors (Lipinski definition) is 1. The summed E-state index contributed by atoms with van der Waals surface area (Å²) in [6, 6.07) is 11.0. The zero-order valence-corrected chi connectivity index (χ0v) is 15.7. The molecule has 1 heterocycles. The topological polar surface area (TPSA) is 35.6 Å². The number of carbonyl (C=O) groups excluding carboxylic acids is 1. The van der Waals surface area contributed by atoms with Gasteiger partial charge in [0.25, 0.3) is 5.91 Å². The maximum atomic E-state index is 13.2. The number of benzene rings is 2. The first-order chi connectivity index (χ1) is 13.0. The van der Waals surface area contributed by atoms with E-state index in [1.54, 1.807) is 0 Å². The number of amides is 1. The molecule has 2 aromatic rings. The lowest BCUT2D eigenvalue weighted by atomic mass is 10.2. The summed E-state index contributed by atoms with van der Waals surface area (Å²) >= 11 is 6.22. The molecule has 0 spiro atoms. The van der Waals surface area contributed by atoms with Crippen LogP contribution in [0, 0.1) is 11.6 Å². The van der Waals surface area contributed by atoms with Crippen molar-refractivity contribution >= 4 is 17.5 Å². The number of hydrogen-bond acceptors (Lipinski definition) is 3. The number of piperazine rings is 1. The second-order valence-electron chi connectivity index (χ2n) is 6.59. The normalized spacial score (nSPS) is 15.7. The van der Waals surface area contributed by atoms with Crippen molar-refractivity contribution in [2.75, 3.05) is 39.3 Å². The standard InChI is InChI=1S/C20H22ClF2N3O/c21-17-4-2-1-3-16(17)14-26-11-9-25(10-12-26)8-7-24-20(27)15-5-6-18(22)19(23)13-15/h1-6,13H,7-12,14H2,(H,24,27). The highest BCUT2D eigenvalue weighted by atomic mass is 35.5. The van der Waals surface area contributed by atoms with Crippen molar-refractivity contribution in [2.45, 2.75) is 6.54 Å². The van der Waals surface area contributed by atoms with Crippen molar-refractivity contribution in [2.24, 2.45) is 0 Å². The fraction of sp³-hybridized carbons (Fsp3) is 0.350. The molecule has 7 heteroatoms. The molecular weight excluding hydrogens is 372 g/mol. The maximum absolute atomic E-state index is 13.2. The van der Waals surface area contributed by atoms with Gasteiger partial charge in [-0.3, -0.25) is 14.6 Å². The van der Waals surface area contributed by atoms with Crippen molar-refractivity contribution in [1.29, 1.82) is 0 Å². The Labute approximate surface area is 162 Å². The third-order valence-electron chi connectivity index (χ3n) is 4.71. The highest BCUT2D eigenvalue weighted by molar-refractivity contribution is 6.31. The molecule has 0 bridgehead atoms. The first kappa shape index (κ1) is 19.7. The van der Waals surface area contributed by atoms with Crippen LogP contribution in [0.1, 0.15) is 15.9 Å². The number of rotatable bonds is 6. The average molecular weight is 394 g/mol. The number of carbonyl (C=O) groups is 1. The van der Waals surface area contributed by atoms with Gasteiger partial charge in [-0.1, -0.05) is 29.8 Å². The summed E-state index contributed by atoms with van der Waals surface area (Å²) in [6.45, 7) is 5.69. The summed E-state index contributed by atoms with van der Waals surface area (Å²) < 4.78 is 26.1. The van der Waals surface area contributed by atoms with Crippen molar-refractivity contribution in [3.8, 4) is 0 Å². The highest BCUT2D eigenvalue weighted by Gasteiger charge is 2.18. The molecule has 0 aliphatic carbocycles. The molecule has 0 aromatic heterocycles. The third kappa shape index (κ3) is 5.48. The summed E-state index contributed by atoms with van der Waals surface area (Å²) in [5.41, 5.74) is 1.25. The van der Waals surface area contributed by atoms with Gasteiger partial charge in [0.2, 0.25) is 0 Å². The van der Waals surface area contributed by atoms with E-state index in [9.17, 15) is 13.6 Å². The molecule has 144 valence electrons. The van der Waals surface area contributed by atoms with E-state index in [1.807, 2.05) is 24.3 Å². The predicted molar refractivity (Wildman–Crippen MR) is 102 cm³/mol. The van der Waals surface area contributed by atoms with Crippen molar-refractivity contribution in [3.63, 3.8) is 0 Å². The molecule has 1 aliphatic rings. The first-order valence-corrected chi connectivity index (χ1v) is 9.32. The summed E-state index contributed by atoms with van der Waals surface area (Å²) in [5.74, 6) is -2.37. The predicted octanol–water partition coefficient (Wildman–Crippen LogP) is 3.17. The van der Waals surface area contributed by atoms with E-state index in [-0.39, 0.29) is 5.56 Å². The van der Waals surface area contributed by atoms with Gasteiger partial charge in [-0.15, -0.1) is 0 Å². The Bertz CT molecular complexity index is 795. The summed E-state index contributed by atoms with van der Waals surface area (Å²) in [4.78, 5) is 16.6. The van der Waals surface area contributed by atoms with Gasteiger partial charge < -0.3 is 5.32 Å². The SMILES string of the molecule is O=C(NCCN1CCN(Cc2ccccc2Cl)CC1)c1ccc(F)c(F)c1. The lowest BCUT2D eigenvalue weighted by Crippen LogP contribution is -2.48. The molecule has 0 saturated carbocycles. The van der Waals surface area contributed by atoms with Crippen LogP contribution in [-0.4, -0.2) is 55.0 Å². The quantitative estimate of drug-likeness (QED) is 0.818. The van der Waals surface area contributed by atoms with Crippen LogP contribution < -0.4 is 5.32 Å². The minimum atomic E-state index is -1.02. The Morgan fingerprint density at radius 3 is 2.41 bits per heavy atom. The van der Waals surface area contributed by atoms with Crippen LogP contribution in [0.5, 0.6) is 0 Å². The van der Waals surface area contributed by atoms with Crippen molar-refractivity contribution in [1.82, 2.24) is 15.1 Å². The van der Waals surface area contributed by atoms with Crippen LogP contribution in [-0.2, 0) is 6.54 Å². The smallest absolute Gasteiger partial charge is 0.251 e. The van der Waals surface area contributed by atoms with E-state index in [1.165, 1.54) is 6.07 Å².